The summed E-state index contributed by atoms with van der Waals surface area (Å²) in [4.78, 5) is 24.7. The highest BCUT2D eigenvalue weighted by atomic mass is 32.2. The predicted molar refractivity (Wildman–Crippen MR) is 105 cm³/mol. The largest absolute Gasteiger partial charge is 0.354 e. The molecule has 3 rings (SSSR count). The first-order valence-corrected chi connectivity index (χ1v) is 10.3. The first kappa shape index (κ1) is 20.3. The van der Waals surface area contributed by atoms with E-state index in [1.165, 1.54) is 17.8 Å². The molecule has 1 saturated heterocycles. The molecule has 2 N–H and O–H groups in total. The van der Waals surface area contributed by atoms with E-state index < -0.39 is 11.3 Å². The van der Waals surface area contributed by atoms with Crippen molar-refractivity contribution in [2.24, 2.45) is 0 Å². The average Bonchev–Trinajstić information content (AvgIpc) is 3.14. The van der Waals surface area contributed by atoms with Crippen LogP contribution in [0.4, 0.5) is 4.39 Å². The summed E-state index contributed by atoms with van der Waals surface area (Å²) in [5, 5.41) is 13.2. The van der Waals surface area contributed by atoms with Crippen molar-refractivity contribution in [3.63, 3.8) is 0 Å². The lowest BCUT2D eigenvalue weighted by atomic mass is 10.1. The van der Waals surface area contributed by atoms with E-state index in [0.717, 1.165) is 5.82 Å². The van der Waals surface area contributed by atoms with E-state index in [1.54, 1.807) is 24.5 Å². The number of nitrogens with zero attached hydrogens (tertiary/aromatic N) is 3. The van der Waals surface area contributed by atoms with Gasteiger partial charge in [-0.2, -0.15) is 0 Å². The lowest BCUT2D eigenvalue weighted by Gasteiger charge is -2.28. The molecule has 2 aromatic rings. The standard InChI is InChI=1S/C19H24FN5O2S/c1-12(2)25-11-22-24-17(25)7-8-21-18(26)15-10-28-16(19(27)23-15)9-13-5-3-4-6-14(13)20/h3-6,11-12,15-16H,7-10H2,1-2H3,(H,21,26)(H,23,27). The second-order valence-electron chi connectivity index (χ2n) is 6.97. The molecule has 0 saturated carbocycles. The van der Waals surface area contributed by atoms with Crippen LogP contribution in [0.15, 0.2) is 30.6 Å². The highest BCUT2D eigenvalue weighted by Gasteiger charge is 2.32. The zero-order valence-corrected chi connectivity index (χ0v) is 16.7. The smallest absolute Gasteiger partial charge is 0.243 e. The van der Waals surface area contributed by atoms with Gasteiger partial charge in [-0.3, -0.25) is 9.59 Å². The van der Waals surface area contributed by atoms with Crippen molar-refractivity contribution in [3.8, 4) is 0 Å². The van der Waals surface area contributed by atoms with E-state index in [2.05, 4.69) is 20.8 Å². The number of hydrogen-bond acceptors (Lipinski definition) is 5. The van der Waals surface area contributed by atoms with Crippen LogP contribution in [0.3, 0.4) is 0 Å². The molecule has 1 fully saturated rings. The minimum absolute atomic E-state index is 0.221. The van der Waals surface area contributed by atoms with Gasteiger partial charge in [0.25, 0.3) is 0 Å². The molecule has 1 aromatic carbocycles. The average molecular weight is 405 g/mol. The maximum Gasteiger partial charge on any atom is 0.243 e. The molecule has 1 aliphatic heterocycles. The number of benzene rings is 1. The van der Waals surface area contributed by atoms with Gasteiger partial charge in [0, 0.05) is 24.8 Å². The number of hydrogen-bond donors (Lipinski definition) is 2. The van der Waals surface area contributed by atoms with Crippen molar-refractivity contribution < 1.29 is 14.0 Å². The second-order valence-corrected chi connectivity index (χ2v) is 8.20. The SMILES string of the molecule is CC(C)n1cnnc1CCNC(=O)C1CSC(Cc2ccccc2F)C(=O)N1. The quantitative estimate of drug-likeness (QED) is 0.729. The van der Waals surface area contributed by atoms with Crippen LogP contribution in [0, 0.1) is 5.82 Å². The maximum atomic E-state index is 13.8. The number of rotatable bonds is 7. The van der Waals surface area contributed by atoms with Crippen LogP contribution in [0.2, 0.25) is 0 Å². The summed E-state index contributed by atoms with van der Waals surface area (Å²) in [6.45, 7) is 4.50. The lowest BCUT2D eigenvalue weighted by Crippen LogP contribution is -2.54. The van der Waals surface area contributed by atoms with Gasteiger partial charge in [-0.1, -0.05) is 18.2 Å². The number of carbonyl (C=O) groups is 2. The normalized spacial score (nSPS) is 19.5. The van der Waals surface area contributed by atoms with Crippen LogP contribution in [0.25, 0.3) is 0 Å². The number of carbonyl (C=O) groups excluding carboxylic acids is 2. The molecule has 0 aliphatic carbocycles. The molecule has 2 unspecified atom stereocenters. The summed E-state index contributed by atoms with van der Waals surface area (Å²) in [7, 11) is 0. The first-order valence-electron chi connectivity index (χ1n) is 9.27. The van der Waals surface area contributed by atoms with Gasteiger partial charge in [-0.25, -0.2) is 4.39 Å². The molecule has 1 aromatic heterocycles. The minimum Gasteiger partial charge on any atom is -0.354 e. The van der Waals surface area contributed by atoms with Gasteiger partial charge < -0.3 is 15.2 Å². The highest BCUT2D eigenvalue weighted by molar-refractivity contribution is 8.00. The van der Waals surface area contributed by atoms with E-state index >= 15 is 0 Å². The summed E-state index contributed by atoms with van der Waals surface area (Å²) in [6, 6.07) is 6.10. The Bertz CT molecular complexity index is 841. The van der Waals surface area contributed by atoms with Crippen molar-refractivity contribution in [1.82, 2.24) is 25.4 Å². The summed E-state index contributed by atoms with van der Waals surface area (Å²) < 4.78 is 15.8. The topological polar surface area (TPSA) is 88.9 Å². The summed E-state index contributed by atoms with van der Waals surface area (Å²) >= 11 is 1.38. The molecule has 0 bridgehead atoms. The summed E-state index contributed by atoms with van der Waals surface area (Å²) in [5.41, 5.74) is 0.507. The van der Waals surface area contributed by atoms with Crippen molar-refractivity contribution in [2.75, 3.05) is 12.3 Å². The second kappa shape index (κ2) is 9.18. The van der Waals surface area contributed by atoms with Gasteiger partial charge in [0.2, 0.25) is 11.8 Å². The molecule has 0 radical (unpaired) electrons. The van der Waals surface area contributed by atoms with E-state index in [-0.39, 0.29) is 23.7 Å². The first-order chi connectivity index (χ1) is 13.5. The zero-order valence-electron chi connectivity index (χ0n) is 15.9. The molecule has 28 heavy (non-hydrogen) atoms. The summed E-state index contributed by atoms with van der Waals surface area (Å²) in [5.74, 6) is 0.492. The molecule has 2 atom stereocenters. The number of halogens is 1. The predicted octanol–water partition coefficient (Wildman–Crippen LogP) is 1.50. The van der Waals surface area contributed by atoms with Crippen molar-refractivity contribution >= 4 is 23.6 Å². The molecule has 1 aliphatic rings. The Morgan fingerprint density at radius 3 is 2.93 bits per heavy atom. The number of nitrogens with one attached hydrogen (secondary N) is 2. The Kier molecular flexibility index (Phi) is 6.66. The van der Waals surface area contributed by atoms with Gasteiger partial charge in [0.15, 0.2) is 0 Å². The number of amides is 2. The third kappa shape index (κ3) is 4.89. The number of thioether (sulfide) groups is 1. The van der Waals surface area contributed by atoms with Crippen LogP contribution in [-0.2, 0) is 22.4 Å². The monoisotopic (exact) mass is 405 g/mol. The van der Waals surface area contributed by atoms with Crippen molar-refractivity contribution in [1.29, 1.82) is 0 Å². The highest BCUT2D eigenvalue weighted by Crippen LogP contribution is 2.23. The fourth-order valence-electron chi connectivity index (χ4n) is 3.05. The lowest BCUT2D eigenvalue weighted by molar-refractivity contribution is -0.128. The molecule has 150 valence electrons. The number of aromatic nitrogens is 3. The van der Waals surface area contributed by atoms with Gasteiger partial charge in [0.05, 0.1) is 5.25 Å². The third-order valence-corrected chi connectivity index (χ3v) is 5.91. The van der Waals surface area contributed by atoms with Crippen molar-refractivity contribution in [2.45, 2.75) is 44.0 Å². The van der Waals surface area contributed by atoms with Crippen LogP contribution < -0.4 is 10.6 Å². The Balaban J connectivity index is 1.47. The maximum absolute atomic E-state index is 13.8. The van der Waals surface area contributed by atoms with Crippen LogP contribution in [-0.4, -0.2) is 50.2 Å². The Labute approximate surface area is 167 Å². The van der Waals surface area contributed by atoms with Gasteiger partial charge >= 0.3 is 0 Å². The molecule has 2 amide bonds. The Hall–Kier alpha value is -2.42. The van der Waals surface area contributed by atoms with Gasteiger partial charge in [-0.15, -0.1) is 22.0 Å². The zero-order chi connectivity index (χ0) is 20.1. The molecule has 7 nitrogen and oxygen atoms in total. The summed E-state index contributed by atoms with van der Waals surface area (Å²) in [6.07, 6.45) is 2.55. The minimum atomic E-state index is -0.586. The molecule has 9 heteroatoms. The van der Waals surface area contributed by atoms with Crippen LogP contribution in [0.5, 0.6) is 0 Å². The van der Waals surface area contributed by atoms with E-state index in [9.17, 15) is 14.0 Å². The molecule has 2 heterocycles. The van der Waals surface area contributed by atoms with E-state index in [1.807, 2.05) is 18.4 Å². The molecular formula is C19H24FN5O2S. The van der Waals surface area contributed by atoms with Crippen molar-refractivity contribution in [3.05, 3.63) is 47.8 Å². The van der Waals surface area contributed by atoms with Gasteiger partial charge in [0.1, 0.15) is 24.0 Å². The van der Waals surface area contributed by atoms with Gasteiger partial charge in [-0.05, 0) is 31.9 Å². The van der Waals surface area contributed by atoms with Crippen LogP contribution in [0.1, 0.15) is 31.3 Å². The van der Waals surface area contributed by atoms with E-state index in [0.29, 0.717) is 30.7 Å². The van der Waals surface area contributed by atoms with Crippen LogP contribution >= 0.6 is 11.8 Å². The molecule has 0 spiro atoms. The van der Waals surface area contributed by atoms with E-state index in [4.69, 9.17) is 0 Å². The molecular weight excluding hydrogens is 381 g/mol. The fourth-order valence-corrected chi connectivity index (χ4v) is 4.22. The Morgan fingerprint density at radius 2 is 2.21 bits per heavy atom. The third-order valence-electron chi connectivity index (χ3n) is 4.60. The fraction of sp³-hybridized carbons (Fsp3) is 0.474. The Morgan fingerprint density at radius 1 is 1.43 bits per heavy atom.